The van der Waals surface area contributed by atoms with Crippen LogP contribution in [0.5, 0.6) is 0 Å². The number of carbonyl (C=O) groups excluding carboxylic acids is 1. The number of carbonyl (C=O) groups is 1. The van der Waals surface area contributed by atoms with E-state index in [-0.39, 0.29) is 12.5 Å². The summed E-state index contributed by atoms with van der Waals surface area (Å²) in [5.41, 5.74) is 2.56. The third kappa shape index (κ3) is 5.17. The molecule has 0 radical (unpaired) electrons. The Kier molecular flexibility index (Phi) is 6.63. The molecular formula is C21H30N4O2. The molecule has 0 bridgehead atoms. The van der Waals surface area contributed by atoms with Gasteiger partial charge in [0.05, 0.1) is 30.2 Å². The van der Waals surface area contributed by atoms with Gasteiger partial charge in [-0.05, 0) is 25.3 Å². The fraction of sp³-hybridized carbons (Fsp3) is 0.524. The van der Waals surface area contributed by atoms with E-state index in [1.165, 1.54) is 19.3 Å². The van der Waals surface area contributed by atoms with Gasteiger partial charge in [0.15, 0.2) is 0 Å². The summed E-state index contributed by atoms with van der Waals surface area (Å²) in [6.07, 6.45) is 6.88. The number of rotatable bonds is 7. The summed E-state index contributed by atoms with van der Waals surface area (Å²) in [7, 11) is 1.86. The maximum absolute atomic E-state index is 12.7. The van der Waals surface area contributed by atoms with E-state index in [4.69, 9.17) is 0 Å². The number of aryl methyl sites for hydroxylation is 1. The number of aliphatic hydroxyl groups excluding tert-OH is 1. The van der Waals surface area contributed by atoms with Crippen molar-refractivity contribution in [3.05, 3.63) is 47.8 Å². The molecule has 1 aromatic carbocycles. The highest BCUT2D eigenvalue weighted by molar-refractivity contribution is 5.92. The number of anilines is 1. The third-order valence-electron chi connectivity index (χ3n) is 5.54. The molecule has 1 aromatic heterocycles. The van der Waals surface area contributed by atoms with E-state index < -0.39 is 6.10 Å². The number of hydrogen-bond donors (Lipinski definition) is 2. The lowest BCUT2D eigenvalue weighted by Crippen LogP contribution is -2.44. The largest absolute Gasteiger partial charge is 0.387 e. The van der Waals surface area contributed by atoms with Crippen molar-refractivity contribution in [2.24, 2.45) is 7.05 Å². The van der Waals surface area contributed by atoms with Crippen molar-refractivity contribution in [2.75, 3.05) is 18.4 Å². The topological polar surface area (TPSA) is 70.4 Å². The molecule has 146 valence electrons. The van der Waals surface area contributed by atoms with Gasteiger partial charge in [-0.3, -0.25) is 14.4 Å². The zero-order chi connectivity index (χ0) is 19.2. The van der Waals surface area contributed by atoms with Crippen LogP contribution in [-0.2, 0) is 11.8 Å². The second kappa shape index (κ2) is 9.15. The van der Waals surface area contributed by atoms with Crippen LogP contribution in [0, 0.1) is 6.92 Å². The normalized spacial score (nSPS) is 16.4. The average Bonchev–Trinajstić information content (AvgIpc) is 3.01. The lowest BCUT2D eigenvalue weighted by Gasteiger charge is -2.35. The first-order valence-electron chi connectivity index (χ1n) is 9.80. The molecule has 1 heterocycles. The molecule has 27 heavy (non-hydrogen) atoms. The molecular weight excluding hydrogens is 340 g/mol. The molecule has 1 aliphatic rings. The van der Waals surface area contributed by atoms with Crippen molar-refractivity contribution < 1.29 is 9.90 Å². The lowest BCUT2D eigenvalue weighted by atomic mass is 9.93. The van der Waals surface area contributed by atoms with E-state index in [9.17, 15) is 9.90 Å². The number of nitrogens with zero attached hydrogens (tertiary/aromatic N) is 3. The molecule has 2 N–H and O–H groups in total. The quantitative estimate of drug-likeness (QED) is 0.786. The maximum Gasteiger partial charge on any atom is 0.238 e. The van der Waals surface area contributed by atoms with Crippen molar-refractivity contribution in [3.8, 4) is 0 Å². The summed E-state index contributed by atoms with van der Waals surface area (Å²) in [6.45, 7) is 2.68. The minimum Gasteiger partial charge on any atom is -0.387 e. The van der Waals surface area contributed by atoms with Crippen LogP contribution in [0.15, 0.2) is 36.5 Å². The van der Waals surface area contributed by atoms with Gasteiger partial charge in [0.25, 0.3) is 0 Å². The van der Waals surface area contributed by atoms with Gasteiger partial charge in [-0.1, -0.05) is 49.6 Å². The summed E-state index contributed by atoms with van der Waals surface area (Å²) < 4.78 is 1.74. The van der Waals surface area contributed by atoms with E-state index in [2.05, 4.69) is 15.3 Å². The summed E-state index contributed by atoms with van der Waals surface area (Å²) in [5.74, 6) is -0.0584. The number of aromatic nitrogens is 2. The predicted octanol–water partition coefficient (Wildman–Crippen LogP) is 3.04. The van der Waals surface area contributed by atoms with Gasteiger partial charge in [0.1, 0.15) is 0 Å². The van der Waals surface area contributed by atoms with Gasteiger partial charge >= 0.3 is 0 Å². The van der Waals surface area contributed by atoms with Crippen LogP contribution in [0.25, 0.3) is 0 Å². The Labute approximate surface area is 161 Å². The van der Waals surface area contributed by atoms with E-state index in [0.29, 0.717) is 12.6 Å². The molecule has 0 aliphatic heterocycles. The van der Waals surface area contributed by atoms with Gasteiger partial charge in [0, 0.05) is 19.6 Å². The summed E-state index contributed by atoms with van der Waals surface area (Å²) in [6, 6.07) is 10.0. The van der Waals surface area contributed by atoms with Crippen LogP contribution < -0.4 is 5.32 Å². The second-order valence-corrected chi connectivity index (χ2v) is 7.46. The summed E-state index contributed by atoms with van der Waals surface area (Å²) >= 11 is 0. The highest BCUT2D eigenvalue weighted by Gasteiger charge is 2.26. The van der Waals surface area contributed by atoms with Crippen LogP contribution in [0.1, 0.15) is 49.5 Å². The minimum absolute atomic E-state index is 0.0584. The number of hydrogen-bond acceptors (Lipinski definition) is 4. The van der Waals surface area contributed by atoms with Gasteiger partial charge in [-0.2, -0.15) is 5.10 Å². The van der Waals surface area contributed by atoms with Crippen molar-refractivity contribution in [2.45, 2.75) is 51.2 Å². The summed E-state index contributed by atoms with van der Waals surface area (Å²) in [5, 5.41) is 17.8. The molecule has 6 heteroatoms. The Morgan fingerprint density at radius 1 is 1.30 bits per heavy atom. The van der Waals surface area contributed by atoms with E-state index in [1.807, 2.05) is 44.3 Å². The third-order valence-corrected chi connectivity index (χ3v) is 5.54. The van der Waals surface area contributed by atoms with Gasteiger partial charge in [-0.15, -0.1) is 0 Å². The monoisotopic (exact) mass is 370 g/mol. The SMILES string of the molecule is Cc1c(NC(=O)CN(CC(O)c2ccccc2)C2CCCCC2)cnn1C. The molecule has 0 spiro atoms. The number of amides is 1. The van der Waals surface area contributed by atoms with Crippen molar-refractivity contribution in [1.82, 2.24) is 14.7 Å². The van der Waals surface area contributed by atoms with E-state index >= 15 is 0 Å². The molecule has 1 fully saturated rings. The first-order valence-corrected chi connectivity index (χ1v) is 9.80. The van der Waals surface area contributed by atoms with Gasteiger partial charge < -0.3 is 10.4 Å². The number of nitrogens with one attached hydrogen (secondary N) is 1. The molecule has 2 aromatic rings. The lowest BCUT2D eigenvalue weighted by molar-refractivity contribution is -0.118. The van der Waals surface area contributed by atoms with Crippen LogP contribution in [0.4, 0.5) is 5.69 Å². The second-order valence-electron chi connectivity index (χ2n) is 7.46. The van der Waals surface area contributed by atoms with Gasteiger partial charge in [-0.25, -0.2) is 0 Å². The smallest absolute Gasteiger partial charge is 0.238 e. The predicted molar refractivity (Wildman–Crippen MR) is 106 cm³/mol. The van der Waals surface area contributed by atoms with Gasteiger partial charge in [0.2, 0.25) is 5.91 Å². The molecule has 1 amide bonds. The highest BCUT2D eigenvalue weighted by atomic mass is 16.3. The number of aliphatic hydroxyl groups is 1. The fourth-order valence-electron chi connectivity index (χ4n) is 3.79. The molecule has 1 unspecified atom stereocenters. The van der Waals surface area contributed by atoms with Crippen molar-refractivity contribution in [3.63, 3.8) is 0 Å². The van der Waals surface area contributed by atoms with Crippen LogP contribution >= 0.6 is 0 Å². The molecule has 1 atom stereocenters. The first kappa shape index (κ1) is 19.6. The van der Waals surface area contributed by atoms with Crippen LogP contribution in [0.2, 0.25) is 0 Å². The zero-order valence-corrected chi connectivity index (χ0v) is 16.3. The Morgan fingerprint density at radius 2 is 2.00 bits per heavy atom. The zero-order valence-electron chi connectivity index (χ0n) is 16.3. The van der Waals surface area contributed by atoms with Crippen molar-refractivity contribution >= 4 is 11.6 Å². The molecule has 1 aliphatic carbocycles. The Hall–Kier alpha value is -2.18. The first-order chi connectivity index (χ1) is 13.0. The minimum atomic E-state index is -0.596. The Balaban J connectivity index is 1.67. The van der Waals surface area contributed by atoms with Crippen molar-refractivity contribution in [1.29, 1.82) is 0 Å². The Morgan fingerprint density at radius 3 is 2.63 bits per heavy atom. The molecule has 6 nitrogen and oxygen atoms in total. The standard InChI is InChI=1S/C21H30N4O2/c1-16-19(13-22-24(16)2)23-21(27)15-25(18-11-7-4-8-12-18)14-20(26)17-9-5-3-6-10-17/h3,5-6,9-10,13,18,20,26H,4,7-8,11-12,14-15H2,1-2H3,(H,23,27). The molecule has 3 rings (SSSR count). The van der Waals surface area contributed by atoms with E-state index in [1.54, 1.807) is 10.9 Å². The number of benzene rings is 1. The highest BCUT2D eigenvalue weighted by Crippen LogP contribution is 2.25. The van der Waals surface area contributed by atoms with E-state index in [0.717, 1.165) is 29.8 Å². The van der Waals surface area contributed by atoms with Crippen LogP contribution in [-0.4, -0.2) is 44.8 Å². The van der Waals surface area contributed by atoms with Crippen LogP contribution in [0.3, 0.4) is 0 Å². The fourth-order valence-corrected chi connectivity index (χ4v) is 3.79. The molecule has 0 saturated heterocycles. The average molecular weight is 370 g/mol. The Bertz CT molecular complexity index is 738. The summed E-state index contributed by atoms with van der Waals surface area (Å²) in [4.78, 5) is 14.8. The molecule has 1 saturated carbocycles. The maximum atomic E-state index is 12.7.